The summed E-state index contributed by atoms with van der Waals surface area (Å²) in [5.41, 5.74) is 2.06. The number of anilines is 2. The molecular formula is C17H13ClN6O2. The maximum atomic E-state index is 10.9. The third-order valence-corrected chi connectivity index (χ3v) is 3.77. The van der Waals surface area contributed by atoms with E-state index in [4.69, 9.17) is 22.0 Å². The van der Waals surface area contributed by atoms with Gasteiger partial charge in [0.15, 0.2) is 0 Å². The number of nitrogens with zero attached hydrogens (tertiary/aromatic N) is 5. The minimum Gasteiger partial charge on any atom is -0.478 e. The molecule has 0 fully saturated rings. The van der Waals surface area contributed by atoms with E-state index in [9.17, 15) is 4.79 Å². The largest absolute Gasteiger partial charge is 0.478 e. The van der Waals surface area contributed by atoms with Gasteiger partial charge < -0.3 is 10.4 Å². The zero-order valence-electron chi connectivity index (χ0n) is 13.4. The number of carbonyl (C=O) groups is 1. The maximum Gasteiger partial charge on any atom is 0.335 e. The van der Waals surface area contributed by atoms with Crippen LogP contribution in [0.3, 0.4) is 0 Å². The van der Waals surface area contributed by atoms with Crippen LogP contribution in [0.1, 0.15) is 16.8 Å². The summed E-state index contributed by atoms with van der Waals surface area (Å²) in [5, 5.41) is 25.1. The van der Waals surface area contributed by atoms with Gasteiger partial charge in [-0.15, -0.1) is 0 Å². The van der Waals surface area contributed by atoms with Crippen LogP contribution in [0.5, 0.6) is 0 Å². The van der Waals surface area contributed by atoms with Crippen molar-refractivity contribution < 1.29 is 9.90 Å². The molecule has 0 saturated carbocycles. The molecule has 26 heavy (non-hydrogen) atoms. The normalized spacial score (nSPS) is 10.3. The number of nitrogens with one attached hydrogen (secondary N) is 1. The molecule has 9 heteroatoms. The molecule has 0 amide bonds. The Balaban J connectivity index is 1.82. The van der Waals surface area contributed by atoms with Crippen molar-refractivity contribution in [2.24, 2.45) is 0 Å². The monoisotopic (exact) mass is 368 g/mol. The molecule has 8 nitrogen and oxygen atoms in total. The van der Waals surface area contributed by atoms with Gasteiger partial charge >= 0.3 is 5.97 Å². The zero-order chi connectivity index (χ0) is 18.5. The van der Waals surface area contributed by atoms with Gasteiger partial charge in [0.2, 0.25) is 5.95 Å². The number of aromatic nitrogens is 4. The van der Waals surface area contributed by atoms with Crippen LogP contribution >= 0.6 is 11.6 Å². The summed E-state index contributed by atoms with van der Waals surface area (Å²) < 4.78 is 1.65. The average molecular weight is 369 g/mol. The molecule has 0 atom stereocenters. The highest BCUT2D eigenvalue weighted by atomic mass is 35.5. The Hall–Kier alpha value is -3.44. The van der Waals surface area contributed by atoms with Gasteiger partial charge in [-0.3, -0.25) is 4.68 Å². The van der Waals surface area contributed by atoms with Gasteiger partial charge in [0.25, 0.3) is 0 Å². The number of aryl methyl sites for hydroxylation is 1. The molecule has 0 saturated heterocycles. The number of carboxylic acid groups (broad SMARTS) is 1. The molecule has 0 bridgehead atoms. The van der Waals surface area contributed by atoms with E-state index in [1.807, 2.05) is 0 Å². The van der Waals surface area contributed by atoms with Gasteiger partial charge in [0.05, 0.1) is 47.7 Å². The SMILES string of the molecule is N#CCCn1cc(-c2nc(Nc3ccc(C(=O)O)cc3)ncc2Cl)cn1. The smallest absolute Gasteiger partial charge is 0.335 e. The van der Waals surface area contributed by atoms with Crippen molar-refractivity contribution in [3.05, 3.63) is 53.4 Å². The maximum absolute atomic E-state index is 10.9. The van der Waals surface area contributed by atoms with Crippen LogP contribution in [0.4, 0.5) is 11.6 Å². The van der Waals surface area contributed by atoms with Gasteiger partial charge in [-0.25, -0.2) is 14.8 Å². The molecule has 130 valence electrons. The van der Waals surface area contributed by atoms with Crippen molar-refractivity contribution >= 4 is 29.2 Å². The first-order chi connectivity index (χ1) is 12.6. The van der Waals surface area contributed by atoms with E-state index in [1.165, 1.54) is 18.3 Å². The van der Waals surface area contributed by atoms with Gasteiger partial charge in [-0.2, -0.15) is 10.4 Å². The van der Waals surface area contributed by atoms with E-state index in [-0.39, 0.29) is 5.56 Å². The summed E-state index contributed by atoms with van der Waals surface area (Å²) in [4.78, 5) is 19.4. The van der Waals surface area contributed by atoms with Crippen molar-refractivity contribution in [2.75, 3.05) is 5.32 Å². The van der Waals surface area contributed by atoms with Crippen LogP contribution in [-0.4, -0.2) is 30.8 Å². The van der Waals surface area contributed by atoms with E-state index in [1.54, 1.807) is 29.2 Å². The number of carboxylic acids is 1. The molecule has 0 spiro atoms. The summed E-state index contributed by atoms with van der Waals surface area (Å²) in [6.07, 6.45) is 5.22. The standard InChI is InChI=1S/C17H13ClN6O2/c18-14-9-20-17(22-13-4-2-11(3-5-13)16(25)26)23-15(14)12-8-21-24(10-12)7-1-6-19/h2-5,8-10H,1,7H2,(H,25,26)(H,20,22,23). The van der Waals surface area contributed by atoms with Crippen LogP contribution in [0.2, 0.25) is 5.02 Å². The molecule has 0 radical (unpaired) electrons. The van der Waals surface area contributed by atoms with Gasteiger partial charge in [0, 0.05) is 17.4 Å². The van der Waals surface area contributed by atoms with Gasteiger partial charge in [0.1, 0.15) is 0 Å². The Morgan fingerprint density at radius 3 is 2.77 bits per heavy atom. The van der Waals surface area contributed by atoms with Crippen LogP contribution in [0, 0.1) is 11.3 Å². The molecule has 1 aromatic carbocycles. The number of hydrogen-bond donors (Lipinski definition) is 2. The predicted octanol–water partition coefficient (Wildman–Crippen LogP) is 3.35. The summed E-state index contributed by atoms with van der Waals surface area (Å²) in [7, 11) is 0. The molecular weight excluding hydrogens is 356 g/mol. The number of benzene rings is 1. The first kappa shape index (κ1) is 17.4. The van der Waals surface area contributed by atoms with Crippen LogP contribution in [-0.2, 0) is 6.54 Å². The predicted molar refractivity (Wildman–Crippen MR) is 95.2 cm³/mol. The van der Waals surface area contributed by atoms with Crippen molar-refractivity contribution in [2.45, 2.75) is 13.0 Å². The van der Waals surface area contributed by atoms with E-state index in [0.717, 1.165) is 0 Å². The summed E-state index contributed by atoms with van der Waals surface area (Å²) in [6, 6.07) is 8.29. The Morgan fingerprint density at radius 2 is 2.08 bits per heavy atom. The number of rotatable bonds is 6. The molecule has 2 aromatic heterocycles. The number of nitriles is 1. The highest BCUT2D eigenvalue weighted by molar-refractivity contribution is 6.32. The topological polar surface area (TPSA) is 117 Å². The highest BCUT2D eigenvalue weighted by Crippen LogP contribution is 2.26. The molecule has 0 aliphatic rings. The molecule has 0 aliphatic heterocycles. The minimum absolute atomic E-state index is 0.193. The molecule has 0 unspecified atom stereocenters. The summed E-state index contributed by atoms with van der Waals surface area (Å²) in [5.74, 6) is -0.674. The van der Waals surface area contributed by atoms with Gasteiger partial charge in [-0.1, -0.05) is 11.6 Å². The number of hydrogen-bond acceptors (Lipinski definition) is 6. The van der Waals surface area contributed by atoms with Crippen LogP contribution in [0.15, 0.2) is 42.9 Å². The Bertz CT molecular complexity index is 978. The summed E-state index contributed by atoms with van der Waals surface area (Å²) >= 11 is 6.20. The molecule has 3 rings (SSSR count). The third-order valence-electron chi connectivity index (χ3n) is 3.49. The van der Waals surface area contributed by atoms with Crippen LogP contribution < -0.4 is 5.32 Å². The number of halogens is 1. The van der Waals surface area contributed by atoms with Crippen molar-refractivity contribution in [1.82, 2.24) is 19.7 Å². The molecule has 3 aromatic rings. The first-order valence-electron chi connectivity index (χ1n) is 7.59. The van der Waals surface area contributed by atoms with Crippen molar-refractivity contribution in [1.29, 1.82) is 5.26 Å². The average Bonchev–Trinajstić information content (AvgIpc) is 3.10. The Kier molecular flexibility index (Phi) is 5.10. The Labute approximate surface area is 153 Å². The lowest BCUT2D eigenvalue weighted by atomic mass is 10.2. The highest BCUT2D eigenvalue weighted by Gasteiger charge is 2.11. The lowest BCUT2D eigenvalue weighted by Gasteiger charge is -2.07. The van der Waals surface area contributed by atoms with Crippen LogP contribution in [0.25, 0.3) is 11.3 Å². The number of aromatic carboxylic acids is 1. The lowest BCUT2D eigenvalue weighted by Crippen LogP contribution is -2.00. The third kappa shape index (κ3) is 3.96. The fraction of sp³-hybridized carbons (Fsp3) is 0.118. The molecule has 0 aliphatic carbocycles. The van der Waals surface area contributed by atoms with Crippen molar-refractivity contribution in [3.63, 3.8) is 0 Å². The molecule has 2 heterocycles. The van der Waals surface area contributed by atoms with Gasteiger partial charge in [-0.05, 0) is 24.3 Å². The second kappa shape index (κ2) is 7.63. The van der Waals surface area contributed by atoms with Crippen molar-refractivity contribution in [3.8, 4) is 17.3 Å². The minimum atomic E-state index is -0.991. The second-order valence-corrected chi connectivity index (χ2v) is 5.71. The Morgan fingerprint density at radius 1 is 1.31 bits per heavy atom. The van der Waals surface area contributed by atoms with E-state index >= 15 is 0 Å². The first-order valence-corrected chi connectivity index (χ1v) is 7.97. The quantitative estimate of drug-likeness (QED) is 0.685. The van der Waals surface area contributed by atoms with E-state index in [0.29, 0.717) is 40.9 Å². The molecule has 2 N–H and O–H groups in total. The fourth-order valence-electron chi connectivity index (χ4n) is 2.23. The second-order valence-electron chi connectivity index (χ2n) is 5.30. The summed E-state index contributed by atoms with van der Waals surface area (Å²) in [6.45, 7) is 0.486. The fourth-order valence-corrected chi connectivity index (χ4v) is 2.43. The van der Waals surface area contributed by atoms with E-state index < -0.39 is 5.97 Å². The zero-order valence-corrected chi connectivity index (χ0v) is 14.2. The lowest BCUT2D eigenvalue weighted by molar-refractivity contribution is 0.0697. The van der Waals surface area contributed by atoms with E-state index in [2.05, 4.69) is 26.5 Å².